The standard InChI is InChI=1S/C23H28ClFN6O2/c1-22(32)5-2-8-29(13-22)20-19-16(10-18(24)31-17(19)4-7-26-31)27-21(28-20)33-14-23-6-3-9-30(23)12-15(25)11-23/h4,7,10,15,32H,2-3,5-6,8-9,11-14H2,1H3/t15-,22-,23+/m1/s1. The quantitative estimate of drug-likeness (QED) is 0.581. The highest BCUT2D eigenvalue weighted by Gasteiger charge is 2.49. The lowest BCUT2D eigenvalue weighted by Crippen LogP contribution is -2.46. The van der Waals surface area contributed by atoms with Crippen LogP contribution in [0.5, 0.6) is 6.01 Å². The Kier molecular flexibility index (Phi) is 4.94. The zero-order valence-corrected chi connectivity index (χ0v) is 19.4. The fraction of sp³-hybridized carbons (Fsp3) is 0.609. The van der Waals surface area contributed by atoms with E-state index in [9.17, 15) is 9.50 Å². The molecule has 3 saturated heterocycles. The number of pyridine rings is 1. The van der Waals surface area contributed by atoms with Gasteiger partial charge in [-0.3, -0.25) is 4.90 Å². The summed E-state index contributed by atoms with van der Waals surface area (Å²) in [5.74, 6) is 0.702. The van der Waals surface area contributed by atoms with Crippen LogP contribution in [-0.4, -0.2) is 79.7 Å². The van der Waals surface area contributed by atoms with E-state index in [1.807, 2.05) is 13.0 Å². The fourth-order valence-electron chi connectivity index (χ4n) is 5.97. The van der Waals surface area contributed by atoms with Gasteiger partial charge in [0.1, 0.15) is 23.7 Å². The summed E-state index contributed by atoms with van der Waals surface area (Å²) in [4.78, 5) is 13.8. The van der Waals surface area contributed by atoms with E-state index in [0.717, 1.165) is 49.7 Å². The second-order valence-electron chi connectivity index (χ2n) is 10.1. The molecule has 3 aromatic heterocycles. The Bertz CT molecular complexity index is 1220. The van der Waals surface area contributed by atoms with Crippen LogP contribution in [0, 0.1) is 0 Å². The van der Waals surface area contributed by atoms with Crippen molar-refractivity contribution in [1.29, 1.82) is 0 Å². The smallest absolute Gasteiger partial charge is 0.319 e. The van der Waals surface area contributed by atoms with Gasteiger partial charge in [-0.25, -0.2) is 8.91 Å². The molecule has 3 aromatic rings. The number of aromatic nitrogens is 4. The molecular weight excluding hydrogens is 447 g/mol. The van der Waals surface area contributed by atoms with Crippen LogP contribution in [-0.2, 0) is 0 Å². The highest BCUT2D eigenvalue weighted by molar-refractivity contribution is 6.30. The molecule has 10 heteroatoms. The zero-order valence-electron chi connectivity index (χ0n) is 18.7. The van der Waals surface area contributed by atoms with Crippen LogP contribution in [0.3, 0.4) is 0 Å². The normalized spacial score (nSPS) is 30.4. The maximum absolute atomic E-state index is 14.2. The number of anilines is 1. The van der Waals surface area contributed by atoms with Crippen LogP contribution in [0.25, 0.3) is 16.4 Å². The third kappa shape index (κ3) is 3.61. The first-order chi connectivity index (χ1) is 15.8. The second-order valence-corrected chi connectivity index (χ2v) is 10.5. The molecule has 176 valence electrons. The molecule has 8 nitrogen and oxygen atoms in total. The molecule has 3 aliphatic rings. The number of rotatable bonds is 4. The molecule has 0 aliphatic carbocycles. The summed E-state index contributed by atoms with van der Waals surface area (Å²) in [6, 6.07) is 3.91. The van der Waals surface area contributed by atoms with Crippen molar-refractivity contribution in [3.8, 4) is 6.01 Å². The van der Waals surface area contributed by atoms with Crippen molar-refractivity contribution < 1.29 is 14.2 Å². The van der Waals surface area contributed by atoms with Gasteiger partial charge >= 0.3 is 6.01 Å². The molecule has 0 amide bonds. The molecule has 3 fully saturated rings. The van der Waals surface area contributed by atoms with Crippen LogP contribution >= 0.6 is 11.6 Å². The predicted molar refractivity (Wildman–Crippen MR) is 124 cm³/mol. The Morgan fingerprint density at radius 3 is 2.97 bits per heavy atom. The number of alkyl halides is 1. The van der Waals surface area contributed by atoms with E-state index >= 15 is 0 Å². The number of aliphatic hydroxyl groups is 1. The van der Waals surface area contributed by atoms with Gasteiger partial charge in [0, 0.05) is 32.1 Å². The number of nitrogens with zero attached hydrogens (tertiary/aromatic N) is 6. The van der Waals surface area contributed by atoms with E-state index < -0.39 is 11.8 Å². The van der Waals surface area contributed by atoms with Gasteiger partial charge in [-0.15, -0.1) is 0 Å². The minimum Gasteiger partial charge on any atom is -0.461 e. The molecule has 33 heavy (non-hydrogen) atoms. The Balaban J connectivity index is 1.42. The summed E-state index contributed by atoms with van der Waals surface area (Å²) >= 11 is 6.48. The first-order valence-corrected chi connectivity index (χ1v) is 12.0. The SMILES string of the molecule is C[C@@]1(O)CCCN(c2nc(OC[C@@]34CCCN3C[C@H](F)C4)nc3cc(Cl)n4nccc4c23)C1. The molecule has 0 spiro atoms. The van der Waals surface area contributed by atoms with E-state index in [1.165, 1.54) is 0 Å². The van der Waals surface area contributed by atoms with Crippen molar-refractivity contribution in [1.82, 2.24) is 24.5 Å². The third-order valence-electron chi connectivity index (χ3n) is 7.46. The summed E-state index contributed by atoms with van der Waals surface area (Å²) in [7, 11) is 0. The van der Waals surface area contributed by atoms with Crippen molar-refractivity contribution >= 4 is 33.8 Å². The summed E-state index contributed by atoms with van der Waals surface area (Å²) in [6.07, 6.45) is 4.95. The molecule has 6 heterocycles. The van der Waals surface area contributed by atoms with Gasteiger partial charge in [0.2, 0.25) is 0 Å². The molecule has 3 atom stereocenters. The fourth-order valence-corrected chi connectivity index (χ4v) is 6.21. The first-order valence-electron chi connectivity index (χ1n) is 11.7. The number of halogens is 2. The number of hydrogen-bond acceptors (Lipinski definition) is 7. The summed E-state index contributed by atoms with van der Waals surface area (Å²) in [6.45, 7) is 4.83. The average molecular weight is 475 g/mol. The van der Waals surface area contributed by atoms with Gasteiger partial charge in [0.15, 0.2) is 0 Å². The van der Waals surface area contributed by atoms with Crippen molar-refractivity contribution in [2.75, 3.05) is 37.7 Å². The molecule has 0 bridgehead atoms. The molecule has 0 unspecified atom stereocenters. The minimum absolute atomic E-state index is 0.256. The minimum atomic E-state index is -0.813. The molecular formula is C23H28ClFN6O2. The van der Waals surface area contributed by atoms with Crippen LogP contribution < -0.4 is 9.64 Å². The lowest BCUT2D eigenvalue weighted by molar-refractivity contribution is 0.0447. The molecule has 0 radical (unpaired) electrons. The van der Waals surface area contributed by atoms with Crippen LogP contribution in [0.2, 0.25) is 5.15 Å². The maximum atomic E-state index is 14.2. The van der Waals surface area contributed by atoms with Gasteiger partial charge in [-0.1, -0.05) is 11.6 Å². The zero-order chi connectivity index (χ0) is 22.8. The largest absolute Gasteiger partial charge is 0.461 e. The van der Waals surface area contributed by atoms with E-state index in [1.54, 1.807) is 16.8 Å². The van der Waals surface area contributed by atoms with Crippen LogP contribution in [0.15, 0.2) is 18.3 Å². The van der Waals surface area contributed by atoms with E-state index in [0.29, 0.717) is 42.6 Å². The molecule has 0 aromatic carbocycles. The lowest BCUT2D eigenvalue weighted by atomic mass is 9.95. The summed E-state index contributed by atoms with van der Waals surface area (Å²) in [5.41, 5.74) is 0.386. The van der Waals surface area contributed by atoms with Crippen molar-refractivity contribution in [2.45, 2.75) is 56.3 Å². The predicted octanol–water partition coefficient (Wildman–Crippen LogP) is 3.24. The van der Waals surface area contributed by atoms with E-state index in [-0.39, 0.29) is 11.5 Å². The van der Waals surface area contributed by atoms with Gasteiger partial charge in [-0.05, 0) is 45.2 Å². The van der Waals surface area contributed by atoms with Gasteiger partial charge in [0.25, 0.3) is 0 Å². The monoisotopic (exact) mass is 474 g/mol. The van der Waals surface area contributed by atoms with Crippen molar-refractivity contribution in [3.63, 3.8) is 0 Å². The van der Waals surface area contributed by atoms with Gasteiger partial charge in [-0.2, -0.15) is 15.1 Å². The Morgan fingerprint density at radius 2 is 2.12 bits per heavy atom. The molecule has 1 N–H and O–H groups in total. The number of fused-ring (bicyclic) bond motifs is 4. The Hall–Kier alpha value is -2.23. The number of ether oxygens (including phenoxy) is 1. The molecule has 6 rings (SSSR count). The molecule has 3 aliphatic heterocycles. The Morgan fingerprint density at radius 1 is 1.27 bits per heavy atom. The average Bonchev–Trinajstić information content (AvgIpc) is 3.45. The highest BCUT2D eigenvalue weighted by Crippen LogP contribution is 2.41. The third-order valence-corrected chi connectivity index (χ3v) is 7.73. The van der Waals surface area contributed by atoms with E-state index in [4.69, 9.17) is 21.3 Å². The highest BCUT2D eigenvalue weighted by atomic mass is 35.5. The van der Waals surface area contributed by atoms with E-state index in [2.05, 4.69) is 19.9 Å². The van der Waals surface area contributed by atoms with Gasteiger partial charge < -0.3 is 14.7 Å². The number of piperidine rings is 1. The summed E-state index contributed by atoms with van der Waals surface area (Å²) < 4.78 is 22.0. The van der Waals surface area contributed by atoms with Crippen molar-refractivity contribution in [3.05, 3.63) is 23.5 Å². The first kappa shape index (κ1) is 21.3. The van der Waals surface area contributed by atoms with Crippen molar-refractivity contribution in [2.24, 2.45) is 0 Å². The topological polar surface area (TPSA) is 79.0 Å². The lowest BCUT2D eigenvalue weighted by Gasteiger charge is -2.38. The van der Waals surface area contributed by atoms with Gasteiger partial charge in [0.05, 0.1) is 33.8 Å². The summed E-state index contributed by atoms with van der Waals surface area (Å²) in [5, 5.41) is 16.3. The Labute approximate surface area is 196 Å². The number of hydrogen-bond donors (Lipinski definition) is 1. The van der Waals surface area contributed by atoms with Crippen LogP contribution in [0.4, 0.5) is 10.2 Å². The van der Waals surface area contributed by atoms with Crippen LogP contribution in [0.1, 0.15) is 39.0 Å². The number of β-amino-alcohol motifs (C(OH)–C–C–N with tert-alkyl or cyclic N) is 1. The second kappa shape index (κ2) is 7.65. The molecule has 0 saturated carbocycles. The maximum Gasteiger partial charge on any atom is 0.319 e.